The van der Waals surface area contributed by atoms with Gasteiger partial charge in [-0.15, -0.1) is 5.10 Å². The molecule has 1 saturated heterocycles. The lowest BCUT2D eigenvalue weighted by Crippen LogP contribution is -2.41. The van der Waals surface area contributed by atoms with E-state index in [0.717, 1.165) is 49.0 Å². The molecule has 1 aromatic carbocycles. The third kappa shape index (κ3) is 3.00. The second kappa shape index (κ2) is 6.13. The van der Waals surface area contributed by atoms with Crippen LogP contribution < -0.4 is 15.0 Å². The molecule has 21 heavy (non-hydrogen) atoms. The molecule has 1 aromatic heterocycles. The standard InChI is InChI=1S/C15H21N5O/c1-16-12-7-9-20(10-8-12)15-17-14(18-19-15)11-3-5-13(21-2)6-4-11/h3-6,12,16H,7-10H2,1-2H3,(H,17,18,19). The lowest BCUT2D eigenvalue weighted by molar-refractivity contribution is 0.415. The number of aromatic amines is 1. The van der Waals surface area contributed by atoms with Gasteiger partial charge in [-0.05, 0) is 44.2 Å². The molecule has 0 amide bonds. The largest absolute Gasteiger partial charge is 0.497 e. The zero-order valence-electron chi connectivity index (χ0n) is 12.5. The molecule has 6 nitrogen and oxygen atoms in total. The summed E-state index contributed by atoms with van der Waals surface area (Å²) in [6.45, 7) is 1.98. The van der Waals surface area contributed by atoms with Gasteiger partial charge in [0.15, 0.2) is 5.82 Å². The summed E-state index contributed by atoms with van der Waals surface area (Å²) >= 11 is 0. The van der Waals surface area contributed by atoms with Crippen LogP contribution in [-0.4, -0.2) is 48.5 Å². The number of nitrogens with zero attached hydrogens (tertiary/aromatic N) is 3. The van der Waals surface area contributed by atoms with Gasteiger partial charge in [0.1, 0.15) is 5.75 Å². The average molecular weight is 287 g/mol. The zero-order valence-corrected chi connectivity index (χ0v) is 12.5. The molecule has 3 rings (SSSR count). The van der Waals surface area contributed by atoms with E-state index in [4.69, 9.17) is 4.74 Å². The van der Waals surface area contributed by atoms with E-state index in [-0.39, 0.29) is 0 Å². The molecule has 0 unspecified atom stereocenters. The van der Waals surface area contributed by atoms with Gasteiger partial charge in [-0.2, -0.15) is 4.98 Å². The molecule has 0 aliphatic carbocycles. The SMILES string of the molecule is CNC1CCN(c2n[nH]c(-c3ccc(OC)cc3)n2)CC1. The summed E-state index contributed by atoms with van der Waals surface area (Å²) in [5.41, 5.74) is 1.01. The fraction of sp³-hybridized carbons (Fsp3) is 0.467. The topological polar surface area (TPSA) is 66.1 Å². The molecule has 0 radical (unpaired) electrons. The monoisotopic (exact) mass is 287 g/mol. The Morgan fingerprint density at radius 1 is 1.24 bits per heavy atom. The number of methoxy groups -OCH3 is 1. The van der Waals surface area contributed by atoms with Crippen LogP contribution in [-0.2, 0) is 0 Å². The average Bonchev–Trinajstić information content (AvgIpc) is 3.05. The maximum Gasteiger partial charge on any atom is 0.245 e. The number of hydrogen-bond donors (Lipinski definition) is 2. The summed E-state index contributed by atoms with van der Waals surface area (Å²) in [5.74, 6) is 2.42. The van der Waals surface area contributed by atoms with Gasteiger partial charge >= 0.3 is 0 Å². The first-order valence-corrected chi connectivity index (χ1v) is 7.29. The Hall–Kier alpha value is -2.08. The summed E-state index contributed by atoms with van der Waals surface area (Å²) in [7, 11) is 3.69. The highest BCUT2D eigenvalue weighted by Crippen LogP contribution is 2.22. The fourth-order valence-corrected chi connectivity index (χ4v) is 2.64. The molecule has 0 bridgehead atoms. The van der Waals surface area contributed by atoms with Gasteiger partial charge < -0.3 is 15.0 Å². The van der Waals surface area contributed by atoms with Crippen molar-refractivity contribution in [3.05, 3.63) is 24.3 Å². The van der Waals surface area contributed by atoms with Crippen LogP contribution in [0.5, 0.6) is 5.75 Å². The first-order chi connectivity index (χ1) is 10.3. The van der Waals surface area contributed by atoms with E-state index in [0.29, 0.717) is 6.04 Å². The Morgan fingerprint density at radius 2 is 1.95 bits per heavy atom. The summed E-state index contributed by atoms with van der Waals surface area (Å²) in [6, 6.07) is 8.43. The van der Waals surface area contributed by atoms with E-state index in [9.17, 15) is 0 Å². The second-order valence-corrected chi connectivity index (χ2v) is 5.26. The highest BCUT2D eigenvalue weighted by molar-refractivity contribution is 5.57. The third-order valence-corrected chi connectivity index (χ3v) is 4.02. The van der Waals surface area contributed by atoms with E-state index in [1.807, 2.05) is 31.3 Å². The molecule has 0 saturated carbocycles. The molecule has 1 aliphatic rings. The highest BCUT2D eigenvalue weighted by Gasteiger charge is 2.20. The van der Waals surface area contributed by atoms with Crippen LogP contribution in [0.4, 0.5) is 5.95 Å². The van der Waals surface area contributed by atoms with Crippen LogP contribution in [0.15, 0.2) is 24.3 Å². The highest BCUT2D eigenvalue weighted by atomic mass is 16.5. The van der Waals surface area contributed by atoms with Crippen molar-refractivity contribution in [2.24, 2.45) is 0 Å². The van der Waals surface area contributed by atoms with Gasteiger partial charge in [-0.3, -0.25) is 5.10 Å². The van der Waals surface area contributed by atoms with Gasteiger partial charge in [0.2, 0.25) is 5.95 Å². The van der Waals surface area contributed by atoms with E-state index in [1.54, 1.807) is 7.11 Å². The quantitative estimate of drug-likeness (QED) is 0.895. The lowest BCUT2D eigenvalue weighted by atomic mass is 10.1. The van der Waals surface area contributed by atoms with Gasteiger partial charge in [0, 0.05) is 24.7 Å². The van der Waals surface area contributed by atoms with Gasteiger partial charge in [-0.25, -0.2) is 0 Å². The number of benzene rings is 1. The molecule has 0 spiro atoms. The number of ether oxygens (including phenoxy) is 1. The number of anilines is 1. The van der Waals surface area contributed by atoms with Crippen molar-refractivity contribution in [1.29, 1.82) is 0 Å². The Labute approximate surface area is 124 Å². The van der Waals surface area contributed by atoms with Gasteiger partial charge in [0.25, 0.3) is 0 Å². The van der Waals surface area contributed by atoms with Crippen molar-refractivity contribution >= 4 is 5.95 Å². The molecule has 1 aliphatic heterocycles. The Bertz CT molecular complexity index is 572. The second-order valence-electron chi connectivity index (χ2n) is 5.26. The van der Waals surface area contributed by atoms with Crippen molar-refractivity contribution in [1.82, 2.24) is 20.5 Å². The van der Waals surface area contributed by atoms with Gasteiger partial charge in [0.05, 0.1) is 7.11 Å². The van der Waals surface area contributed by atoms with Crippen molar-refractivity contribution in [2.45, 2.75) is 18.9 Å². The third-order valence-electron chi connectivity index (χ3n) is 4.02. The van der Waals surface area contributed by atoms with Crippen LogP contribution >= 0.6 is 0 Å². The van der Waals surface area contributed by atoms with Gasteiger partial charge in [-0.1, -0.05) is 0 Å². The Balaban J connectivity index is 1.71. The number of piperidine rings is 1. The zero-order chi connectivity index (χ0) is 14.7. The maximum atomic E-state index is 5.17. The smallest absolute Gasteiger partial charge is 0.245 e. The minimum atomic E-state index is 0.612. The number of nitrogens with one attached hydrogen (secondary N) is 2. The van der Waals surface area contributed by atoms with Crippen LogP contribution in [0.3, 0.4) is 0 Å². The van der Waals surface area contributed by atoms with E-state index in [2.05, 4.69) is 25.4 Å². The number of aromatic nitrogens is 3. The molecule has 6 heteroatoms. The minimum Gasteiger partial charge on any atom is -0.497 e. The summed E-state index contributed by atoms with van der Waals surface area (Å²) < 4.78 is 5.17. The van der Waals surface area contributed by atoms with Crippen LogP contribution in [0.2, 0.25) is 0 Å². The van der Waals surface area contributed by atoms with Crippen molar-refractivity contribution < 1.29 is 4.74 Å². The number of H-pyrrole nitrogens is 1. The first kappa shape index (κ1) is 13.9. The van der Waals surface area contributed by atoms with Crippen molar-refractivity contribution in [3.8, 4) is 17.1 Å². The number of hydrogen-bond acceptors (Lipinski definition) is 5. The minimum absolute atomic E-state index is 0.612. The molecular weight excluding hydrogens is 266 g/mol. The summed E-state index contributed by atoms with van der Waals surface area (Å²) in [6.07, 6.45) is 2.26. The summed E-state index contributed by atoms with van der Waals surface area (Å²) in [5, 5.41) is 10.7. The van der Waals surface area contributed by atoms with E-state index < -0.39 is 0 Å². The van der Waals surface area contributed by atoms with Crippen LogP contribution in [0.1, 0.15) is 12.8 Å². The van der Waals surface area contributed by atoms with Crippen molar-refractivity contribution in [3.63, 3.8) is 0 Å². The molecular formula is C15H21N5O. The normalized spacial score (nSPS) is 16.2. The fourth-order valence-electron chi connectivity index (χ4n) is 2.64. The van der Waals surface area contributed by atoms with Crippen molar-refractivity contribution in [2.75, 3.05) is 32.1 Å². The first-order valence-electron chi connectivity index (χ1n) is 7.29. The molecule has 112 valence electrons. The van der Waals surface area contributed by atoms with Crippen LogP contribution in [0, 0.1) is 0 Å². The predicted molar refractivity (Wildman–Crippen MR) is 82.7 cm³/mol. The maximum absolute atomic E-state index is 5.17. The Kier molecular flexibility index (Phi) is 4.06. The number of rotatable bonds is 4. The Morgan fingerprint density at radius 3 is 2.57 bits per heavy atom. The summed E-state index contributed by atoms with van der Waals surface area (Å²) in [4.78, 5) is 6.84. The molecule has 2 heterocycles. The molecule has 2 N–H and O–H groups in total. The molecule has 0 atom stereocenters. The predicted octanol–water partition coefficient (Wildman–Crippen LogP) is 1.67. The lowest BCUT2D eigenvalue weighted by Gasteiger charge is -2.30. The van der Waals surface area contributed by atoms with Crippen LogP contribution in [0.25, 0.3) is 11.4 Å². The molecule has 1 fully saturated rings. The molecule has 2 aromatic rings. The van der Waals surface area contributed by atoms with E-state index in [1.165, 1.54) is 0 Å². The van der Waals surface area contributed by atoms with E-state index >= 15 is 0 Å².